The predicted molar refractivity (Wildman–Crippen MR) is 106 cm³/mol. The smallest absolute Gasteiger partial charge is 0.250 e. The summed E-state index contributed by atoms with van der Waals surface area (Å²) in [5.41, 5.74) is 3.06. The molecule has 2 fully saturated rings. The number of likely N-dealkylation sites (tertiary alicyclic amines) is 1. The van der Waals surface area contributed by atoms with Crippen LogP contribution in [0.3, 0.4) is 0 Å². The summed E-state index contributed by atoms with van der Waals surface area (Å²) < 4.78 is 1.93. The molecule has 146 valence electrons. The van der Waals surface area contributed by atoms with Gasteiger partial charge in [0, 0.05) is 66.8 Å². The van der Waals surface area contributed by atoms with E-state index in [1.54, 1.807) is 18.5 Å². The molecule has 2 bridgehead atoms. The van der Waals surface area contributed by atoms with Crippen LogP contribution < -0.4 is 5.56 Å². The molecule has 2 aromatic rings. The van der Waals surface area contributed by atoms with E-state index in [1.165, 1.54) is 25.6 Å². The van der Waals surface area contributed by atoms with E-state index in [4.69, 9.17) is 0 Å². The Kier molecular flexibility index (Phi) is 4.49. The van der Waals surface area contributed by atoms with Gasteiger partial charge in [-0.1, -0.05) is 19.3 Å². The highest BCUT2D eigenvalue weighted by Gasteiger charge is 2.39. The second-order valence-electron chi connectivity index (χ2n) is 8.59. The van der Waals surface area contributed by atoms with Gasteiger partial charge in [-0.3, -0.25) is 9.59 Å². The lowest BCUT2D eigenvalue weighted by molar-refractivity contribution is -0.139. The largest absolute Gasteiger partial charge is 0.341 e. The zero-order valence-corrected chi connectivity index (χ0v) is 16.1. The highest BCUT2D eigenvalue weighted by molar-refractivity contribution is 5.79. The number of fused-ring (bicyclic) bond motifs is 4. The molecular weight excluding hydrogens is 352 g/mol. The van der Waals surface area contributed by atoms with Gasteiger partial charge in [0.1, 0.15) is 6.33 Å². The van der Waals surface area contributed by atoms with E-state index in [1.807, 2.05) is 10.6 Å². The second kappa shape index (κ2) is 7.15. The maximum Gasteiger partial charge on any atom is 0.250 e. The number of amides is 1. The number of rotatable bonds is 2. The lowest BCUT2D eigenvalue weighted by Gasteiger charge is -2.44. The van der Waals surface area contributed by atoms with Crippen molar-refractivity contribution in [2.24, 2.45) is 11.8 Å². The summed E-state index contributed by atoms with van der Waals surface area (Å²) in [4.78, 5) is 36.2. The van der Waals surface area contributed by atoms with E-state index in [-0.39, 0.29) is 17.4 Å². The second-order valence-corrected chi connectivity index (χ2v) is 8.59. The first-order chi connectivity index (χ1) is 13.7. The third-order valence-corrected chi connectivity index (χ3v) is 6.73. The number of carbonyl (C=O) groups is 1. The van der Waals surface area contributed by atoms with Crippen LogP contribution in [0, 0.1) is 11.8 Å². The summed E-state index contributed by atoms with van der Waals surface area (Å²) in [6.45, 7) is 2.20. The summed E-state index contributed by atoms with van der Waals surface area (Å²) in [5, 5.41) is 0. The van der Waals surface area contributed by atoms with Crippen molar-refractivity contribution in [1.82, 2.24) is 19.4 Å². The van der Waals surface area contributed by atoms with Crippen molar-refractivity contribution in [3.05, 3.63) is 46.9 Å². The Hall–Kier alpha value is -2.50. The quantitative estimate of drug-likeness (QED) is 0.806. The monoisotopic (exact) mass is 378 g/mol. The number of hydrogen-bond donors (Lipinski definition) is 0. The first-order valence-corrected chi connectivity index (χ1v) is 10.5. The molecule has 6 nitrogen and oxygen atoms in total. The topological polar surface area (TPSA) is 68.1 Å². The Balaban J connectivity index is 1.49. The van der Waals surface area contributed by atoms with Crippen LogP contribution in [0.1, 0.15) is 50.1 Å². The zero-order chi connectivity index (χ0) is 19.1. The molecule has 0 radical (unpaired) electrons. The summed E-state index contributed by atoms with van der Waals surface area (Å²) in [7, 11) is 0. The van der Waals surface area contributed by atoms with Crippen LogP contribution in [0.15, 0.2) is 35.6 Å². The molecule has 2 atom stereocenters. The van der Waals surface area contributed by atoms with Crippen LogP contribution in [0.25, 0.3) is 11.1 Å². The van der Waals surface area contributed by atoms with Gasteiger partial charge in [0.25, 0.3) is 5.56 Å². The molecular formula is C22H26N4O2. The third kappa shape index (κ3) is 3.05. The molecule has 0 aromatic carbocycles. The van der Waals surface area contributed by atoms with Gasteiger partial charge in [0.2, 0.25) is 5.91 Å². The number of aromatic nitrogens is 3. The van der Waals surface area contributed by atoms with Gasteiger partial charge in [0.15, 0.2) is 0 Å². The fourth-order valence-electron chi connectivity index (χ4n) is 5.48. The summed E-state index contributed by atoms with van der Waals surface area (Å²) in [5.74, 6) is 1.10. The fourth-order valence-corrected chi connectivity index (χ4v) is 5.48. The van der Waals surface area contributed by atoms with E-state index in [0.717, 1.165) is 49.2 Å². The van der Waals surface area contributed by atoms with Gasteiger partial charge in [0.05, 0.1) is 0 Å². The number of carbonyl (C=O) groups excluding carboxylic acids is 1. The standard InChI is InChI=1S/C22H26N4O2/c27-20-7-6-19(18-9-23-14-24-10-18)21-17-8-15(12-26(20)21)11-25(13-17)22(28)16-4-2-1-3-5-16/h6-7,9-10,14-17H,1-5,8,11-13H2/t15-,17+/m0/s1. The lowest BCUT2D eigenvalue weighted by Crippen LogP contribution is -2.51. The van der Waals surface area contributed by atoms with Crippen LogP contribution in [0.4, 0.5) is 0 Å². The molecule has 4 heterocycles. The van der Waals surface area contributed by atoms with E-state index in [0.29, 0.717) is 18.4 Å². The van der Waals surface area contributed by atoms with Crippen LogP contribution in [-0.2, 0) is 11.3 Å². The Labute approximate surface area is 164 Å². The van der Waals surface area contributed by atoms with Crippen LogP contribution in [-0.4, -0.2) is 38.4 Å². The van der Waals surface area contributed by atoms with Gasteiger partial charge >= 0.3 is 0 Å². The third-order valence-electron chi connectivity index (χ3n) is 6.73. The van der Waals surface area contributed by atoms with Gasteiger partial charge in [-0.2, -0.15) is 0 Å². The minimum Gasteiger partial charge on any atom is -0.341 e. The average Bonchev–Trinajstić information content (AvgIpc) is 2.75. The lowest BCUT2D eigenvalue weighted by atomic mass is 9.79. The van der Waals surface area contributed by atoms with E-state index < -0.39 is 0 Å². The first-order valence-electron chi connectivity index (χ1n) is 10.5. The minimum absolute atomic E-state index is 0.0531. The molecule has 3 aliphatic rings. The molecule has 1 aliphatic carbocycles. The number of pyridine rings is 1. The molecule has 0 N–H and O–H groups in total. The fraction of sp³-hybridized carbons (Fsp3) is 0.545. The number of hydrogen-bond acceptors (Lipinski definition) is 4. The van der Waals surface area contributed by atoms with Crippen LogP contribution in [0.2, 0.25) is 0 Å². The number of piperidine rings is 1. The maximum absolute atomic E-state index is 13.2. The van der Waals surface area contributed by atoms with E-state index in [2.05, 4.69) is 14.9 Å². The maximum atomic E-state index is 13.2. The van der Waals surface area contributed by atoms with E-state index in [9.17, 15) is 9.59 Å². The van der Waals surface area contributed by atoms with Crippen LogP contribution >= 0.6 is 0 Å². The normalized spacial score (nSPS) is 24.6. The summed E-state index contributed by atoms with van der Waals surface area (Å²) in [6, 6.07) is 3.55. The Bertz CT molecular complexity index is 933. The van der Waals surface area contributed by atoms with Crippen molar-refractivity contribution in [2.75, 3.05) is 13.1 Å². The highest BCUT2D eigenvalue weighted by Crippen LogP contribution is 2.40. The summed E-state index contributed by atoms with van der Waals surface area (Å²) in [6.07, 6.45) is 11.8. The Morgan fingerprint density at radius 2 is 1.79 bits per heavy atom. The Morgan fingerprint density at radius 1 is 1.00 bits per heavy atom. The van der Waals surface area contributed by atoms with Gasteiger partial charge in [-0.15, -0.1) is 0 Å². The average molecular weight is 378 g/mol. The van der Waals surface area contributed by atoms with Gasteiger partial charge in [-0.05, 0) is 31.2 Å². The highest BCUT2D eigenvalue weighted by atomic mass is 16.2. The predicted octanol–water partition coefficient (Wildman–Crippen LogP) is 2.83. The molecule has 6 heteroatoms. The van der Waals surface area contributed by atoms with Crippen molar-refractivity contribution in [2.45, 2.75) is 51.0 Å². The molecule has 5 rings (SSSR count). The molecule has 2 aliphatic heterocycles. The first kappa shape index (κ1) is 17.6. The molecule has 1 saturated carbocycles. The molecule has 1 amide bonds. The SMILES string of the molecule is O=C(C1CCCCC1)N1C[C@@H]2C[C@H](C1)c1c(-c3cncnc3)ccc(=O)n1C2. The Morgan fingerprint density at radius 3 is 2.57 bits per heavy atom. The van der Waals surface area contributed by atoms with Gasteiger partial charge in [-0.25, -0.2) is 9.97 Å². The van der Waals surface area contributed by atoms with Crippen LogP contribution in [0.5, 0.6) is 0 Å². The molecule has 0 spiro atoms. The minimum atomic E-state index is 0.0531. The molecule has 2 aromatic heterocycles. The number of nitrogens with zero attached hydrogens (tertiary/aromatic N) is 4. The zero-order valence-electron chi connectivity index (χ0n) is 16.1. The molecule has 0 unspecified atom stereocenters. The van der Waals surface area contributed by atoms with Crippen molar-refractivity contribution in [3.8, 4) is 11.1 Å². The molecule has 28 heavy (non-hydrogen) atoms. The summed E-state index contributed by atoms with van der Waals surface area (Å²) >= 11 is 0. The molecule has 1 saturated heterocycles. The van der Waals surface area contributed by atoms with Gasteiger partial charge < -0.3 is 9.47 Å². The van der Waals surface area contributed by atoms with Crippen molar-refractivity contribution >= 4 is 5.91 Å². The van der Waals surface area contributed by atoms with Crippen molar-refractivity contribution in [1.29, 1.82) is 0 Å². The van der Waals surface area contributed by atoms with E-state index >= 15 is 0 Å². The van der Waals surface area contributed by atoms with Crippen molar-refractivity contribution < 1.29 is 4.79 Å². The van der Waals surface area contributed by atoms with Crippen molar-refractivity contribution in [3.63, 3.8) is 0 Å².